The Morgan fingerprint density at radius 3 is 1.21 bits per heavy atom. The van der Waals surface area contributed by atoms with E-state index in [1.165, 1.54) is 6.92 Å². The Balaban J connectivity index is 1.30. The standard InChI is InChI=1S/C35H66N4O17/c1-3-16-20(4-40)54-25(29(37)32(16)46)12-50-9-18-22(6-42)55-26(30(38)34(18)48)13-51-11-19-23(7-43)56-27(31(35(19)49)39-15(2)45)14-52-10-17-21(5-41)53-24(8-44)28(36)33(17)47/h16-35,40-44,46-49H,3-14,36-38H2,1-2H3,(H,39,45)/t16?,17-,18?,19?,20?,21?,22?,23?,24?,25?,26?,27?,28?,29?,30?,31?,32?,33?,34?,35?/m1/s1. The number of aliphatic hydroxyl groups excluding tert-OH is 9. The van der Waals surface area contributed by atoms with Gasteiger partial charge in [-0.05, 0) is 6.42 Å². The zero-order valence-electron chi connectivity index (χ0n) is 32.1. The quantitative estimate of drug-likeness (QED) is 0.0576. The van der Waals surface area contributed by atoms with Gasteiger partial charge < -0.3 is 102 Å². The topological polar surface area (TPSA) is 354 Å². The van der Waals surface area contributed by atoms with Gasteiger partial charge in [-0.1, -0.05) is 6.92 Å². The Bertz CT molecular complexity index is 1160. The SMILES string of the molecule is CCC1C(CO)OC(COCC2C(CO)OC(COCC3C(CO)OC(COC[C@@H]4C(CO)OC(CO)C(N)C4O)C(NC(C)=O)C3O)C(N)C2O)C(N)C1O. The van der Waals surface area contributed by atoms with E-state index in [1.807, 2.05) is 6.92 Å². The molecule has 4 aliphatic heterocycles. The molecule has 328 valence electrons. The molecule has 1 amide bonds. The summed E-state index contributed by atoms with van der Waals surface area (Å²) in [6.45, 7) is 0.0414. The number of aliphatic hydroxyl groups is 9. The fourth-order valence-electron chi connectivity index (χ4n) is 8.36. The van der Waals surface area contributed by atoms with E-state index in [2.05, 4.69) is 5.32 Å². The van der Waals surface area contributed by atoms with Crippen LogP contribution in [0.25, 0.3) is 0 Å². The first kappa shape index (κ1) is 47.4. The van der Waals surface area contributed by atoms with Crippen molar-refractivity contribution < 1.29 is 83.9 Å². The molecule has 0 spiro atoms. The molecule has 0 aliphatic carbocycles. The normalized spacial score (nSPS) is 44.8. The first-order chi connectivity index (χ1) is 26.8. The maximum atomic E-state index is 12.2. The second-order valence-corrected chi connectivity index (χ2v) is 15.4. The number of carbonyl (C=O) groups excluding carboxylic acids is 1. The van der Waals surface area contributed by atoms with Gasteiger partial charge in [0.25, 0.3) is 0 Å². The highest BCUT2D eigenvalue weighted by molar-refractivity contribution is 5.73. The lowest BCUT2D eigenvalue weighted by molar-refractivity contribution is -0.215. The fourth-order valence-corrected chi connectivity index (χ4v) is 8.36. The largest absolute Gasteiger partial charge is 0.394 e. The minimum Gasteiger partial charge on any atom is -0.394 e. The number of nitrogens with one attached hydrogen (secondary N) is 1. The van der Waals surface area contributed by atoms with Crippen LogP contribution in [-0.2, 0) is 38.0 Å². The lowest BCUT2D eigenvalue weighted by Crippen LogP contribution is -2.64. The molecule has 20 atom stereocenters. The van der Waals surface area contributed by atoms with Crippen molar-refractivity contribution in [2.75, 3.05) is 72.7 Å². The van der Waals surface area contributed by atoms with Crippen molar-refractivity contribution in [2.24, 2.45) is 40.9 Å². The predicted octanol–water partition coefficient (Wildman–Crippen LogP) is -7.13. The van der Waals surface area contributed by atoms with Gasteiger partial charge in [-0.25, -0.2) is 0 Å². The molecule has 21 heteroatoms. The summed E-state index contributed by atoms with van der Waals surface area (Å²) >= 11 is 0. The van der Waals surface area contributed by atoms with Gasteiger partial charge in [0.1, 0.15) is 6.10 Å². The van der Waals surface area contributed by atoms with Crippen LogP contribution in [0.5, 0.6) is 0 Å². The molecule has 4 fully saturated rings. The number of rotatable bonds is 19. The molecular weight excluding hydrogens is 748 g/mol. The molecule has 0 aromatic carbocycles. The van der Waals surface area contributed by atoms with Gasteiger partial charge in [0.15, 0.2) is 0 Å². The Hall–Kier alpha value is -1.29. The van der Waals surface area contributed by atoms with Crippen LogP contribution in [0.15, 0.2) is 0 Å². The molecule has 4 rings (SSSR count). The number of hydrogen-bond acceptors (Lipinski definition) is 20. The highest BCUT2D eigenvalue weighted by atomic mass is 16.6. The molecule has 0 aromatic rings. The van der Waals surface area contributed by atoms with E-state index in [0.717, 1.165) is 0 Å². The van der Waals surface area contributed by atoms with Crippen LogP contribution in [-0.4, -0.2) is 222 Å². The van der Waals surface area contributed by atoms with Crippen molar-refractivity contribution in [1.82, 2.24) is 5.32 Å². The molecule has 21 nitrogen and oxygen atoms in total. The third kappa shape index (κ3) is 11.1. The molecule has 56 heavy (non-hydrogen) atoms. The highest BCUT2D eigenvalue weighted by Gasteiger charge is 2.49. The van der Waals surface area contributed by atoms with E-state index in [9.17, 15) is 50.8 Å². The summed E-state index contributed by atoms with van der Waals surface area (Å²) in [5.41, 5.74) is 18.6. The Morgan fingerprint density at radius 2 is 0.821 bits per heavy atom. The number of amides is 1. The average Bonchev–Trinajstić information content (AvgIpc) is 3.18. The van der Waals surface area contributed by atoms with E-state index < -0.39 is 148 Å². The first-order valence-electron chi connectivity index (χ1n) is 19.4. The van der Waals surface area contributed by atoms with Crippen molar-refractivity contribution >= 4 is 5.91 Å². The number of hydrogen-bond donors (Lipinski definition) is 13. The van der Waals surface area contributed by atoms with E-state index in [1.54, 1.807) is 0 Å². The lowest BCUT2D eigenvalue weighted by atomic mass is 9.84. The van der Waals surface area contributed by atoms with Gasteiger partial charge in [0.05, 0.1) is 164 Å². The molecule has 0 saturated carbocycles. The smallest absolute Gasteiger partial charge is 0.217 e. The molecule has 4 heterocycles. The summed E-state index contributed by atoms with van der Waals surface area (Å²) in [6, 6.07) is -3.70. The Labute approximate surface area is 326 Å². The van der Waals surface area contributed by atoms with Crippen molar-refractivity contribution in [3.8, 4) is 0 Å². The first-order valence-corrected chi connectivity index (χ1v) is 19.4. The van der Waals surface area contributed by atoms with E-state index in [4.69, 9.17) is 50.4 Å². The van der Waals surface area contributed by atoms with Crippen LogP contribution in [0, 0.1) is 23.7 Å². The molecular formula is C35H66N4O17. The lowest BCUT2D eigenvalue weighted by Gasteiger charge is -2.46. The van der Waals surface area contributed by atoms with Crippen LogP contribution >= 0.6 is 0 Å². The minimum atomic E-state index is -1.30. The van der Waals surface area contributed by atoms with Crippen LogP contribution in [0.4, 0.5) is 0 Å². The van der Waals surface area contributed by atoms with Crippen molar-refractivity contribution in [2.45, 2.75) is 118 Å². The summed E-state index contributed by atoms with van der Waals surface area (Å²) in [5, 5.41) is 96.1. The monoisotopic (exact) mass is 814 g/mol. The molecule has 4 saturated heterocycles. The van der Waals surface area contributed by atoms with Gasteiger partial charge in [0, 0.05) is 30.6 Å². The summed E-state index contributed by atoms with van der Waals surface area (Å²) in [5.74, 6) is -3.19. The molecule has 0 bridgehead atoms. The van der Waals surface area contributed by atoms with Crippen LogP contribution in [0.2, 0.25) is 0 Å². The Kier molecular flexibility index (Phi) is 18.9. The van der Waals surface area contributed by atoms with E-state index >= 15 is 0 Å². The van der Waals surface area contributed by atoms with Crippen molar-refractivity contribution in [1.29, 1.82) is 0 Å². The number of carbonyl (C=O) groups is 1. The van der Waals surface area contributed by atoms with E-state index in [0.29, 0.717) is 6.42 Å². The van der Waals surface area contributed by atoms with Crippen molar-refractivity contribution in [3.63, 3.8) is 0 Å². The minimum absolute atomic E-state index is 0.0537. The average molecular weight is 815 g/mol. The van der Waals surface area contributed by atoms with Gasteiger partial charge in [0.2, 0.25) is 5.91 Å². The predicted molar refractivity (Wildman–Crippen MR) is 192 cm³/mol. The summed E-state index contributed by atoms with van der Waals surface area (Å²) in [6.07, 6.45) is -10.8. The zero-order valence-corrected chi connectivity index (χ0v) is 32.1. The molecule has 4 aliphatic rings. The highest BCUT2D eigenvalue weighted by Crippen LogP contribution is 2.32. The van der Waals surface area contributed by atoms with Gasteiger partial charge in [-0.2, -0.15) is 0 Å². The second kappa shape index (κ2) is 22.4. The van der Waals surface area contributed by atoms with Gasteiger partial charge in [-0.15, -0.1) is 0 Å². The number of nitrogens with two attached hydrogens (primary N) is 3. The molecule has 16 N–H and O–H groups in total. The molecule has 0 radical (unpaired) electrons. The second-order valence-electron chi connectivity index (χ2n) is 15.4. The van der Waals surface area contributed by atoms with E-state index in [-0.39, 0.29) is 52.2 Å². The fraction of sp³-hybridized carbons (Fsp3) is 0.971. The van der Waals surface area contributed by atoms with Gasteiger partial charge in [-0.3, -0.25) is 4.79 Å². The summed E-state index contributed by atoms with van der Waals surface area (Å²) < 4.78 is 41.2. The summed E-state index contributed by atoms with van der Waals surface area (Å²) in [4.78, 5) is 12.2. The van der Waals surface area contributed by atoms with Crippen molar-refractivity contribution in [3.05, 3.63) is 0 Å². The zero-order chi connectivity index (χ0) is 41.3. The third-order valence-corrected chi connectivity index (χ3v) is 11.8. The van der Waals surface area contributed by atoms with Crippen LogP contribution < -0.4 is 22.5 Å². The maximum absolute atomic E-state index is 12.2. The number of ether oxygens (including phenoxy) is 7. The van der Waals surface area contributed by atoms with Crippen LogP contribution in [0.3, 0.4) is 0 Å². The Morgan fingerprint density at radius 1 is 0.500 bits per heavy atom. The summed E-state index contributed by atoms with van der Waals surface area (Å²) in [7, 11) is 0. The van der Waals surface area contributed by atoms with Gasteiger partial charge >= 0.3 is 0 Å². The maximum Gasteiger partial charge on any atom is 0.217 e. The third-order valence-electron chi connectivity index (χ3n) is 11.8. The molecule has 19 unspecified atom stereocenters. The van der Waals surface area contributed by atoms with Crippen LogP contribution in [0.1, 0.15) is 20.3 Å². The molecule has 0 aromatic heterocycles.